The fourth-order valence-corrected chi connectivity index (χ4v) is 9.64. The molecule has 0 N–H and O–H groups in total. The lowest BCUT2D eigenvalue weighted by atomic mass is 9.71. The topological polar surface area (TPSA) is 16.4 Å². The molecule has 0 saturated carbocycles. The monoisotopic (exact) mass is 745 g/mol. The van der Waals surface area contributed by atoms with Crippen LogP contribution in [0.2, 0.25) is 0 Å². The molecule has 0 fully saturated rings. The van der Waals surface area contributed by atoms with Gasteiger partial charge in [0, 0.05) is 45.6 Å². The molecule has 11 rings (SSSR count). The van der Waals surface area contributed by atoms with Crippen LogP contribution in [0.25, 0.3) is 45.6 Å². The average molecular weight is 746 g/mol. The van der Waals surface area contributed by atoms with Gasteiger partial charge in [-0.05, 0) is 112 Å². The highest BCUT2D eigenvalue weighted by atomic mass is 16.3. The van der Waals surface area contributed by atoms with Gasteiger partial charge in [-0.15, -0.1) is 0 Å². The number of allylic oxidation sites excluding steroid dienone is 7. The Balaban J connectivity index is 1.05. The summed E-state index contributed by atoms with van der Waals surface area (Å²) in [6, 6.07) is 55.0. The van der Waals surface area contributed by atoms with Gasteiger partial charge in [0.25, 0.3) is 0 Å². The second kappa shape index (κ2) is 14.6. The van der Waals surface area contributed by atoms with Gasteiger partial charge in [-0.2, -0.15) is 0 Å². The van der Waals surface area contributed by atoms with Gasteiger partial charge in [-0.1, -0.05) is 164 Å². The number of anilines is 3. The molecule has 2 atom stereocenters. The Bertz CT molecular complexity index is 2710. The maximum atomic E-state index is 6.96. The summed E-state index contributed by atoms with van der Waals surface area (Å²) in [6.07, 6.45) is 22.7. The van der Waals surface area contributed by atoms with Crippen molar-refractivity contribution in [2.24, 2.45) is 5.92 Å². The number of furan rings is 1. The lowest BCUT2D eigenvalue weighted by Gasteiger charge is -2.34. The molecule has 4 aliphatic carbocycles. The van der Waals surface area contributed by atoms with Crippen molar-refractivity contribution < 1.29 is 4.42 Å². The molecule has 0 aliphatic heterocycles. The van der Waals surface area contributed by atoms with Crippen molar-refractivity contribution in [3.8, 4) is 22.3 Å². The second-order valence-corrected chi connectivity index (χ2v) is 15.8. The molecule has 0 amide bonds. The Morgan fingerprint density at radius 1 is 0.500 bits per heavy atom. The molecule has 278 valence electrons. The van der Waals surface area contributed by atoms with Crippen molar-refractivity contribution in [3.63, 3.8) is 0 Å². The number of fused-ring (bicyclic) bond motifs is 6. The number of hydrogen-bond donors (Lipinski definition) is 0. The summed E-state index contributed by atoms with van der Waals surface area (Å²) in [7, 11) is 0. The molecule has 0 radical (unpaired) electrons. The summed E-state index contributed by atoms with van der Waals surface area (Å²) >= 11 is 0. The van der Waals surface area contributed by atoms with Crippen LogP contribution in [-0.2, 0) is 12.8 Å². The van der Waals surface area contributed by atoms with E-state index in [1.165, 1.54) is 72.5 Å². The quantitative estimate of drug-likeness (QED) is 0.162. The van der Waals surface area contributed by atoms with Crippen LogP contribution in [0.4, 0.5) is 17.1 Å². The molecule has 2 nitrogen and oxygen atoms in total. The van der Waals surface area contributed by atoms with Crippen LogP contribution in [0.15, 0.2) is 193 Å². The molecule has 1 aromatic heterocycles. The highest BCUT2D eigenvalue weighted by Gasteiger charge is 2.38. The van der Waals surface area contributed by atoms with E-state index >= 15 is 0 Å². The number of hydrogen-bond acceptors (Lipinski definition) is 2. The van der Waals surface area contributed by atoms with E-state index in [0.29, 0.717) is 0 Å². The minimum Gasteiger partial charge on any atom is -0.459 e. The average Bonchev–Trinajstić information content (AvgIpc) is 3.69. The molecule has 2 unspecified atom stereocenters. The van der Waals surface area contributed by atoms with E-state index in [0.717, 1.165) is 48.6 Å². The first-order valence-corrected chi connectivity index (χ1v) is 20.7. The molecule has 58 heavy (non-hydrogen) atoms. The first-order valence-electron chi connectivity index (χ1n) is 20.7. The highest BCUT2D eigenvalue weighted by Crippen LogP contribution is 2.52. The standard InChI is InChI=1S/C56H43NO/c1-4-15-38(16-5-1)40-27-31-43(32-28-40)57(44-33-29-41(30-34-44)39-17-6-2-7-18-39)54-36-35-48(46-21-10-12-23-49(46)54)52-37-53-51-26-14-25-45(42-19-8-3-9-20-42)55(51)58-56(53)50-24-13-11-22-47(50)52/h1-11,13,15-22,24-25,27-37,47,50H,12,14,23,26H2. The molecular weight excluding hydrogens is 703 g/mol. The SMILES string of the molecule is C1=CC2C(c3ccc(N(c4ccc(-c5ccccc5)cc4)c4ccc(-c5ccccc5)cc4)c4c3C=CCC4)=Cc3c(oc4c3CCC=C4c3ccccc3)C2C=C1. The third-order valence-electron chi connectivity index (χ3n) is 12.4. The first kappa shape index (κ1) is 34.4. The zero-order valence-electron chi connectivity index (χ0n) is 32.4. The fourth-order valence-electron chi connectivity index (χ4n) is 9.64. The summed E-state index contributed by atoms with van der Waals surface area (Å²) in [5.41, 5.74) is 18.9. The van der Waals surface area contributed by atoms with E-state index < -0.39 is 0 Å². The van der Waals surface area contributed by atoms with Crippen molar-refractivity contribution in [1.29, 1.82) is 0 Å². The van der Waals surface area contributed by atoms with Gasteiger partial charge in [0.05, 0.1) is 0 Å². The number of rotatable bonds is 7. The normalized spacial score (nSPS) is 17.4. The predicted molar refractivity (Wildman–Crippen MR) is 242 cm³/mol. The van der Waals surface area contributed by atoms with Crippen molar-refractivity contribution in [2.75, 3.05) is 4.90 Å². The zero-order chi connectivity index (χ0) is 38.4. The van der Waals surface area contributed by atoms with Crippen LogP contribution < -0.4 is 4.90 Å². The molecular formula is C56H43NO. The van der Waals surface area contributed by atoms with Gasteiger partial charge >= 0.3 is 0 Å². The van der Waals surface area contributed by atoms with E-state index in [1.807, 2.05) is 0 Å². The van der Waals surface area contributed by atoms with Gasteiger partial charge in [0.2, 0.25) is 0 Å². The van der Waals surface area contributed by atoms with Crippen LogP contribution in [-0.4, -0.2) is 0 Å². The van der Waals surface area contributed by atoms with Crippen LogP contribution in [0.1, 0.15) is 63.7 Å². The summed E-state index contributed by atoms with van der Waals surface area (Å²) in [4.78, 5) is 2.47. The van der Waals surface area contributed by atoms with Gasteiger partial charge < -0.3 is 9.32 Å². The summed E-state index contributed by atoms with van der Waals surface area (Å²) in [6.45, 7) is 0. The lowest BCUT2D eigenvalue weighted by molar-refractivity contribution is 0.457. The van der Waals surface area contributed by atoms with Crippen molar-refractivity contribution >= 4 is 40.4 Å². The Hall–Kier alpha value is -6.90. The van der Waals surface area contributed by atoms with Gasteiger partial charge in [-0.3, -0.25) is 0 Å². The Morgan fingerprint density at radius 3 is 1.71 bits per heavy atom. The Kier molecular flexibility index (Phi) is 8.62. The number of nitrogens with zero attached hydrogens (tertiary/aromatic N) is 1. The Morgan fingerprint density at radius 2 is 1.07 bits per heavy atom. The first-order chi connectivity index (χ1) is 28.8. The van der Waals surface area contributed by atoms with Crippen molar-refractivity contribution in [2.45, 2.75) is 31.6 Å². The summed E-state index contributed by atoms with van der Waals surface area (Å²) < 4.78 is 6.96. The fraction of sp³-hybridized carbons (Fsp3) is 0.107. The van der Waals surface area contributed by atoms with Crippen LogP contribution in [0.3, 0.4) is 0 Å². The maximum Gasteiger partial charge on any atom is 0.138 e. The molecule has 2 heteroatoms. The third kappa shape index (κ3) is 5.96. The molecule has 0 bridgehead atoms. The zero-order valence-corrected chi connectivity index (χ0v) is 32.4. The van der Waals surface area contributed by atoms with Crippen molar-refractivity contribution in [3.05, 3.63) is 233 Å². The molecule has 0 saturated heterocycles. The van der Waals surface area contributed by atoms with E-state index in [9.17, 15) is 0 Å². The van der Waals surface area contributed by atoms with Crippen LogP contribution >= 0.6 is 0 Å². The maximum absolute atomic E-state index is 6.96. The number of benzene rings is 6. The molecule has 4 aliphatic rings. The highest BCUT2D eigenvalue weighted by molar-refractivity contribution is 5.95. The predicted octanol–water partition coefficient (Wildman–Crippen LogP) is 14.8. The molecule has 6 aromatic carbocycles. The van der Waals surface area contributed by atoms with Crippen molar-refractivity contribution in [1.82, 2.24) is 0 Å². The summed E-state index contributed by atoms with van der Waals surface area (Å²) in [5.74, 6) is 2.49. The smallest absolute Gasteiger partial charge is 0.138 e. The van der Waals surface area contributed by atoms with E-state index in [2.05, 4.69) is 205 Å². The Labute approximate surface area is 341 Å². The second-order valence-electron chi connectivity index (χ2n) is 15.8. The van der Waals surface area contributed by atoms with Gasteiger partial charge in [-0.25, -0.2) is 0 Å². The van der Waals surface area contributed by atoms with Crippen LogP contribution in [0, 0.1) is 5.92 Å². The molecule has 1 heterocycles. The lowest BCUT2D eigenvalue weighted by Crippen LogP contribution is -2.19. The van der Waals surface area contributed by atoms with E-state index in [4.69, 9.17) is 4.42 Å². The minimum atomic E-state index is 0.147. The molecule has 7 aromatic rings. The van der Waals surface area contributed by atoms with Gasteiger partial charge in [0.15, 0.2) is 0 Å². The van der Waals surface area contributed by atoms with Gasteiger partial charge in [0.1, 0.15) is 11.5 Å². The third-order valence-corrected chi connectivity index (χ3v) is 12.4. The minimum absolute atomic E-state index is 0.147. The van der Waals surface area contributed by atoms with E-state index in [1.54, 1.807) is 0 Å². The summed E-state index contributed by atoms with van der Waals surface area (Å²) in [5, 5.41) is 0. The molecule has 0 spiro atoms. The van der Waals surface area contributed by atoms with Crippen LogP contribution in [0.5, 0.6) is 0 Å². The largest absolute Gasteiger partial charge is 0.459 e. The van der Waals surface area contributed by atoms with E-state index in [-0.39, 0.29) is 11.8 Å².